The number of amides is 1. The third kappa shape index (κ3) is 6.79. The second-order valence-corrected chi connectivity index (χ2v) is 5.40. The molecule has 0 aromatic heterocycles. The molecule has 116 valence electrons. The lowest BCUT2D eigenvalue weighted by Gasteiger charge is -2.13. The van der Waals surface area contributed by atoms with Gasteiger partial charge in [-0.3, -0.25) is 9.59 Å². The van der Waals surface area contributed by atoms with Crippen LogP contribution in [0.3, 0.4) is 0 Å². The molecule has 0 saturated carbocycles. The van der Waals surface area contributed by atoms with Crippen molar-refractivity contribution in [2.24, 2.45) is 5.92 Å². The van der Waals surface area contributed by atoms with E-state index in [-0.39, 0.29) is 24.9 Å². The van der Waals surface area contributed by atoms with E-state index in [2.05, 4.69) is 5.32 Å². The summed E-state index contributed by atoms with van der Waals surface area (Å²) in [6, 6.07) is 5.85. The van der Waals surface area contributed by atoms with Crippen LogP contribution in [0.5, 0.6) is 5.75 Å². The van der Waals surface area contributed by atoms with Crippen LogP contribution in [0.4, 0.5) is 0 Å². The first-order chi connectivity index (χ1) is 9.88. The molecule has 21 heavy (non-hydrogen) atoms. The van der Waals surface area contributed by atoms with E-state index in [1.54, 1.807) is 0 Å². The average Bonchev–Trinajstić information content (AvgIpc) is 2.43. The number of aryl methyl sites for hydroxylation is 2. The third-order valence-electron chi connectivity index (χ3n) is 3.20. The number of carbonyl (C=O) groups excluding carboxylic acids is 1. The summed E-state index contributed by atoms with van der Waals surface area (Å²) in [5.74, 6) is -0.167. The van der Waals surface area contributed by atoms with Crippen LogP contribution in [0.15, 0.2) is 18.2 Å². The zero-order valence-corrected chi connectivity index (χ0v) is 12.8. The highest BCUT2D eigenvalue weighted by Gasteiger charge is 2.09. The first-order valence-corrected chi connectivity index (χ1v) is 7.07. The van der Waals surface area contributed by atoms with Crippen molar-refractivity contribution in [3.05, 3.63) is 29.3 Å². The Morgan fingerprint density at radius 3 is 2.71 bits per heavy atom. The van der Waals surface area contributed by atoms with Crippen molar-refractivity contribution in [3.8, 4) is 5.75 Å². The molecule has 0 aliphatic heterocycles. The van der Waals surface area contributed by atoms with Crippen LogP contribution < -0.4 is 10.1 Å². The first kappa shape index (κ1) is 17.0. The van der Waals surface area contributed by atoms with Gasteiger partial charge in [0.25, 0.3) is 5.91 Å². The Kier molecular flexibility index (Phi) is 6.72. The highest BCUT2D eigenvalue weighted by molar-refractivity contribution is 5.77. The van der Waals surface area contributed by atoms with E-state index >= 15 is 0 Å². The number of carboxylic acids is 1. The smallest absolute Gasteiger partial charge is 0.303 e. The van der Waals surface area contributed by atoms with Crippen molar-refractivity contribution >= 4 is 11.9 Å². The topological polar surface area (TPSA) is 75.6 Å². The van der Waals surface area contributed by atoms with Crippen molar-refractivity contribution < 1.29 is 19.4 Å². The van der Waals surface area contributed by atoms with E-state index in [9.17, 15) is 9.59 Å². The van der Waals surface area contributed by atoms with Crippen molar-refractivity contribution in [1.82, 2.24) is 5.32 Å². The summed E-state index contributed by atoms with van der Waals surface area (Å²) in [6.07, 6.45) is 0.670. The predicted octanol–water partition coefficient (Wildman–Crippen LogP) is 2.30. The number of hydrogen-bond acceptors (Lipinski definition) is 3. The minimum Gasteiger partial charge on any atom is -0.483 e. The second-order valence-electron chi connectivity index (χ2n) is 5.40. The Morgan fingerprint density at radius 1 is 1.33 bits per heavy atom. The molecule has 0 radical (unpaired) electrons. The van der Waals surface area contributed by atoms with Crippen molar-refractivity contribution in [2.45, 2.75) is 33.6 Å². The zero-order valence-electron chi connectivity index (χ0n) is 12.8. The lowest BCUT2D eigenvalue weighted by Crippen LogP contribution is -2.32. The molecule has 1 unspecified atom stereocenters. The van der Waals surface area contributed by atoms with E-state index < -0.39 is 5.97 Å². The molecule has 1 rings (SSSR count). The molecular weight excluding hydrogens is 270 g/mol. The van der Waals surface area contributed by atoms with Gasteiger partial charge in [0.05, 0.1) is 0 Å². The Balaban J connectivity index is 2.31. The lowest BCUT2D eigenvalue weighted by molar-refractivity contribution is -0.137. The van der Waals surface area contributed by atoms with Crippen molar-refractivity contribution in [3.63, 3.8) is 0 Å². The molecule has 1 atom stereocenters. The molecule has 0 aliphatic carbocycles. The number of hydrogen-bond donors (Lipinski definition) is 2. The van der Waals surface area contributed by atoms with Crippen LogP contribution in [0.2, 0.25) is 0 Å². The summed E-state index contributed by atoms with van der Waals surface area (Å²) >= 11 is 0. The van der Waals surface area contributed by atoms with E-state index in [1.165, 1.54) is 0 Å². The fraction of sp³-hybridized carbons (Fsp3) is 0.500. The van der Waals surface area contributed by atoms with E-state index in [0.717, 1.165) is 11.1 Å². The maximum atomic E-state index is 11.7. The van der Waals surface area contributed by atoms with E-state index in [4.69, 9.17) is 9.84 Å². The molecule has 5 nitrogen and oxygen atoms in total. The molecule has 0 aliphatic rings. The van der Waals surface area contributed by atoms with Crippen LogP contribution in [-0.2, 0) is 9.59 Å². The molecule has 1 aromatic rings. The monoisotopic (exact) mass is 293 g/mol. The molecular formula is C16H23NO4. The second kappa shape index (κ2) is 8.29. The number of aliphatic carboxylic acids is 1. The van der Waals surface area contributed by atoms with Gasteiger partial charge in [-0.25, -0.2) is 0 Å². The molecule has 1 aromatic carbocycles. The number of carboxylic acid groups (broad SMARTS) is 1. The normalized spacial score (nSPS) is 11.8. The Bertz CT molecular complexity index is 499. The Hall–Kier alpha value is -2.04. The van der Waals surface area contributed by atoms with Gasteiger partial charge in [-0.05, 0) is 43.4 Å². The van der Waals surface area contributed by atoms with Gasteiger partial charge < -0.3 is 15.2 Å². The first-order valence-electron chi connectivity index (χ1n) is 7.07. The summed E-state index contributed by atoms with van der Waals surface area (Å²) in [6.45, 7) is 6.24. The minimum atomic E-state index is -0.813. The van der Waals surface area contributed by atoms with Crippen LogP contribution in [0, 0.1) is 19.8 Å². The van der Waals surface area contributed by atoms with Gasteiger partial charge in [-0.15, -0.1) is 0 Å². The lowest BCUT2D eigenvalue weighted by atomic mass is 10.1. The molecule has 2 N–H and O–H groups in total. The molecule has 0 fully saturated rings. The summed E-state index contributed by atoms with van der Waals surface area (Å²) in [5.41, 5.74) is 2.07. The highest BCUT2D eigenvalue weighted by atomic mass is 16.5. The molecule has 5 heteroatoms. The minimum absolute atomic E-state index is 0.0318. The standard InChI is InChI=1S/C16H23NO4/c1-11-4-6-13(3)14(8-11)21-10-15(18)17-9-12(2)5-7-16(19)20/h4,6,8,12H,5,7,9-10H2,1-3H3,(H,17,18)(H,19,20). The van der Waals surface area contributed by atoms with Gasteiger partial charge in [0.1, 0.15) is 5.75 Å². The van der Waals surface area contributed by atoms with Crippen molar-refractivity contribution in [2.75, 3.05) is 13.2 Å². The largest absolute Gasteiger partial charge is 0.483 e. The maximum Gasteiger partial charge on any atom is 0.303 e. The van der Waals surface area contributed by atoms with Gasteiger partial charge in [-0.1, -0.05) is 19.1 Å². The van der Waals surface area contributed by atoms with Gasteiger partial charge >= 0.3 is 5.97 Å². The van der Waals surface area contributed by atoms with E-state index in [1.807, 2.05) is 39.0 Å². The van der Waals surface area contributed by atoms with Crippen LogP contribution in [0.25, 0.3) is 0 Å². The molecule has 1 amide bonds. The summed E-state index contributed by atoms with van der Waals surface area (Å²) in [4.78, 5) is 22.2. The number of carbonyl (C=O) groups is 2. The van der Waals surface area contributed by atoms with Crippen LogP contribution in [-0.4, -0.2) is 30.1 Å². The average molecular weight is 293 g/mol. The third-order valence-corrected chi connectivity index (χ3v) is 3.20. The van der Waals surface area contributed by atoms with E-state index in [0.29, 0.717) is 18.7 Å². The molecule has 0 spiro atoms. The van der Waals surface area contributed by atoms with Gasteiger partial charge in [0, 0.05) is 13.0 Å². The Labute approximate surface area is 125 Å². The zero-order chi connectivity index (χ0) is 15.8. The van der Waals surface area contributed by atoms with Crippen LogP contribution in [0.1, 0.15) is 30.9 Å². The molecule has 0 heterocycles. The number of rotatable bonds is 8. The fourth-order valence-corrected chi connectivity index (χ4v) is 1.82. The fourth-order valence-electron chi connectivity index (χ4n) is 1.82. The predicted molar refractivity (Wildman–Crippen MR) is 80.5 cm³/mol. The SMILES string of the molecule is Cc1ccc(C)c(OCC(=O)NCC(C)CCC(=O)O)c1. The van der Waals surface area contributed by atoms with Gasteiger partial charge in [0.2, 0.25) is 0 Å². The molecule has 0 saturated heterocycles. The van der Waals surface area contributed by atoms with Gasteiger partial charge in [-0.2, -0.15) is 0 Å². The maximum absolute atomic E-state index is 11.7. The number of benzene rings is 1. The number of ether oxygens (including phenoxy) is 1. The summed E-state index contributed by atoms with van der Waals surface area (Å²) < 4.78 is 5.50. The van der Waals surface area contributed by atoms with Gasteiger partial charge in [0.15, 0.2) is 6.61 Å². The Morgan fingerprint density at radius 2 is 2.05 bits per heavy atom. The quantitative estimate of drug-likeness (QED) is 0.771. The van der Waals surface area contributed by atoms with Crippen molar-refractivity contribution in [1.29, 1.82) is 0 Å². The number of nitrogens with one attached hydrogen (secondary N) is 1. The summed E-state index contributed by atoms with van der Waals surface area (Å²) in [7, 11) is 0. The highest BCUT2D eigenvalue weighted by Crippen LogP contribution is 2.18. The van der Waals surface area contributed by atoms with Crippen LogP contribution >= 0.6 is 0 Å². The summed E-state index contributed by atoms with van der Waals surface area (Å²) in [5, 5.41) is 11.3. The molecule has 0 bridgehead atoms.